The Morgan fingerprint density at radius 2 is 1.03 bits per heavy atom. The highest BCUT2D eigenvalue weighted by Crippen LogP contribution is 2.43. The van der Waals surface area contributed by atoms with E-state index in [9.17, 15) is 0 Å². The van der Waals surface area contributed by atoms with Crippen LogP contribution < -0.4 is 9.47 Å². The van der Waals surface area contributed by atoms with E-state index in [0.29, 0.717) is 0 Å². The lowest BCUT2D eigenvalue weighted by molar-refractivity contribution is 0.297. The van der Waals surface area contributed by atoms with Gasteiger partial charge in [-0.2, -0.15) is 0 Å². The van der Waals surface area contributed by atoms with E-state index in [2.05, 4.69) is 50.3 Å². The zero-order valence-corrected chi connectivity index (χ0v) is 19.2. The minimum atomic E-state index is 0.807. The quantitative estimate of drug-likeness (QED) is 0.232. The van der Waals surface area contributed by atoms with Gasteiger partial charge in [-0.25, -0.2) is 0 Å². The number of hydrogen-bond acceptors (Lipinski definition) is 2. The molecule has 0 aromatic heterocycles. The smallest absolute Gasteiger partial charge is 0.131 e. The van der Waals surface area contributed by atoms with Crippen LogP contribution >= 0.6 is 0 Å². The predicted octanol–water partition coefficient (Wildman–Crippen LogP) is 8.19. The Morgan fingerprint density at radius 1 is 0.600 bits per heavy atom. The molecular formula is C28H40O2. The van der Waals surface area contributed by atoms with E-state index in [-0.39, 0.29) is 0 Å². The van der Waals surface area contributed by atoms with Crippen molar-refractivity contribution >= 4 is 10.8 Å². The molecule has 0 N–H and O–H groups in total. The molecule has 1 aliphatic rings. The zero-order valence-electron chi connectivity index (χ0n) is 19.2. The van der Waals surface area contributed by atoms with Crippen molar-refractivity contribution in [3.05, 3.63) is 47.5 Å². The van der Waals surface area contributed by atoms with Crippen molar-refractivity contribution in [1.29, 1.82) is 0 Å². The molecule has 0 unspecified atom stereocenters. The second-order valence-corrected chi connectivity index (χ2v) is 8.57. The summed E-state index contributed by atoms with van der Waals surface area (Å²) >= 11 is 0. The molecule has 0 bridgehead atoms. The van der Waals surface area contributed by atoms with E-state index in [1.165, 1.54) is 73.3 Å². The number of fused-ring (bicyclic) bond motifs is 2. The van der Waals surface area contributed by atoms with Crippen molar-refractivity contribution in [3.63, 3.8) is 0 Å². The summed E-state index contributed by atoms with van der Waals surface area (Å²) in [6, 6.07) is 8.65. The number of allylic oxidation sites excluding steroid dienone is 2. The first-order valence-electron chi connectivity index (χ1n) is 12.3. The van der Waals surface area contributed by atoms with Crippen LogP contribution in [0, 0.1) is 0 Å². The first kappa shape index (κ1) is 22.7. The molecule has 0 radical (unpaired) electrons. The minimum Gasteiger partial charge on any atom is -0.493 e. The van der Waals surface area contributed by atoms with Crippen LogP contribution in [0.5, 0.6) is 11.5 Å². The van der Waals surface area contributed by atoms with Gasteiger partial charge in [0.25, 0.3) is 0 Å². The summed E-state index contributed by atoms with van der Waals surface area (Å²) < 4.78 is 12.9. The van der Waals surface area contributed by atoms with E-state index >= 15 is 0 Å². The summed E-state index contributed by atoms with van der Waals surface area (Å²) in [6.45, 7) is 6.14. The Bertz CT molecular complexity index is 739. The van der Waals surface area contributed by atoms with Crippen LogP contribution in [0.3, 0.4) is 0 Å². The summed E-state index contributed by atoms with van der Waals surface area (Å²) in [5.74, 6) is 2.19. The lowest BCUT2D eigenvalue weighted by atomic mass is 9.90. The molecule has 2 aromatic carbocycles. The number of unbranched alkanes of at least 4 members (excludes halogenated alkanes) is 8. The summed E-state index contributed by atoms with van der Waals surface area (Å²) in [5.41, 5.74) is 2.68. The fourth-order valence-electron chi connectivity index (χ4n) is 4.40. The molecule has 0 saturated carbocycles. The Balaban J connectivity index is 1.77. The monoisotopic (exact) mass is 408 g/mol. The fraction of sp³-hybridized carbons (Fsp3) is 0.571. The molecule has 2 heteroatoms. The van der Waals surface area contributed by atoms with E-state index in [1.807, 2.05) is 0 Å². The largest absolute Gasteiger partial charge is 0.493 e. The van der Waals surface area contributed by atoms with Crippen LogP contribution in [0.25, 0.3) is 10.8 Å². The second-order valence-electron chi connectivity index (χ2n) is 8.57. The SMILES string of the molecule is CCCCCCCOc1c2c(c(OCCCCCCC)c3ccccc13)CC=CC2. The topological polar surface area (TPSA) is 18.5 Å². The third kappa shape index (κ3) is 6.03. The third-order valence-corrected chi connectivity index (χ3v) is 6.13. The highest BCUT2D eigenvalue weighted by atomic mass is 16.5. The Kier molecular flexibility index (Phi) is 9.60. The van der Waals surface area contributed by atoms with Gasteiger partial charge < -0.3 is 9.47 Å². The lowest BCUT2D eigenvalue weighted by Gasteiger charge is -2.23. The van der Waals surface area contributed by atoms with E-state index in [4.69, 9.17) is 9.47 Å². The molecule has 0 aliphatic heterocycles. The molecule has 0 saturated heterocycles. The van der Waals surface area contributed by atoms with Crippen LogP contribution in [-0.4, -0.2) is 13.2 Å². The van der Waals surface area contributed by atoms with Gasteiger partial charge in [0.1, 0.15) is 11.5 Å². The maximum atomic E-state index is 6.43. The Hall–Kier alpha value is -1.96. The zero-order chi connectivity index (χ0) is 21.0. The fourth-order valence-corrected chi connectivity index (χ4v) is 4.40. The van der Waals surface area contributed by atoms with Gasteiger partial charge in [-0.05, 0) is 25.7 Å². The van der Waals surface area contributed by atoms with Crippen molar-refractivity contribution in [1.82, 2.24) is 0 Å². The van der Waals surface area contributed by atoms with Gasteiger partial charge in [0.15, 0.2) is 0 Å². The summed E-state index contributed by atoms with van der Waals surface area (Å²) in [6.07, 6.45) is 19.1. The maximum absolute atomic E-state index is 6.43. The van der Waals surface area contributed by atoms with E-state index in [0.717, 1.165) is 50.4 Å². The van der Waals surface area contributed by atoms with Crippen molar-refractivity contribution in [3.8, 4) is 11.5 Å². The highest BCUT2D eigenvalue weighted by molar-refractivity contribution is 5.96. The average molecular weight is 409 g/mol. The van der Waals surface area contributed by atoms with Crippen molar-refractivity contribution in [2.45, 2.75) is 90.9 Å². The maximum Gasteiger partial charge on any atom is 0.131 e. The van der Waals surface area contributed by atoms with Crippen LogP contribution in [0.1, 0.15) is 89.2 Å². The van der Waals surface area contributed by atoms with Gasteiger partial charge in [-0.1, -0.05) is 102 Å². The first-order chi connectivity index (χ1) is 14.9. The normalized spacial score (nSPS) is 12.9. The van der Waals surface area contributed by atoms with Crippen molar-refractivity contribution in [2.75, 3.05) is 13.2 Å². The molecule has 0 heterocycles. The summed E-state index contributed by atoms with van der Waals surface area (Å²) in [5, 5.41) is 2.42. The molecule has 164 valence electrons. The van der Waals surface area contributed by atoms with Crippen molar-refractivity contribution < 1.29 is 9.47 Å². The average Bonchev–Trinajstić information content (AvgIpc) is 2.79. The Labute approximate surface area is 183 Å². The van der Waals surface area contributed by atoms with Gasteiger partial charge in [0.05, 0.1) is 13.2 Å². The molecule has 0 spiro atoms. The van der Waals surface area contributed by atoms with Crippen LogP contribution in [0.2, 0.25) is 0 Å². The van der Waals surface area contributed by atoms with Gasteiger partial charge in [-0.15, -0.1) is 0 Å². The third-order valence-electron chi connectivity index (χ3n) is 6.13. The predicted molar refractivity (Wildman–Crippen MR) is 129 cm³/mol. The van der Waals surface area contributed by atoms with Crippen molar-refractivity contribution in [2.24, 2.45) is 0 Å². The van der Waals surface area contributed by atoms with Gasteiger partial charge >= 0.3 is 0 Å². The first-order valence-corrected chi connectivity index (χ1v) is 12.3. The molecule has 1 aliphatic carbocycles. The lowest BCUT2D eigenvalue weighted by Crippen LogP contribution is -2.09. The molecule has 2 nitrogen and oxygen atoms in total. The highest BCUT2D eigenvalue weighted by Gasteiger charge is 2.21. The van der Waals surface area contributed by atoms with Crippen LogP contribution in [0.15, 0.2) is 36.4 Å². The second kappa shape index (κ2) is 12.7. The molecule has 0 amide bonds. The summed E-state index contributed by atoms with van der Waals surface area (Å²) in [7, 11) is 0. The molecule has 2 aromatic rings. The molecular weight excluding hydrogens is 368 g/mol. The number of benzene rings is 2. The van der Waals surface area contributed by atoms with Crippen LogP contribution in [0.4, 0.5) is 0 Å². The number of rotatable bonds is 14. The number of ether oxygens (including phenoxy) is 2. The molecule has 30 heavy (non-hydrogen) atoms. The molecule has 0 fully saturated rings. The van der Waals surface area contributed by atoms with E-state index < -0.39 is 0 Å². The van der Waals surface area contributed by atoms with Gasteiger partial charge in [-0.3, -0.25) is 0 Å². The van der Waals surface area contributed by atoms with Crippen LogP contribution in [-0.2, 0) is 12.8 Å². The standard InChI is InChI=1S/C28H40O2/c1-3-5-7-9-15-21-29-27-23-17-11-13-19-25(23)28(26-20-14-12-18-24(26)27)30-22-16-10-8-6-4-2/h11-14,17,19H,3-10,15-16,18,20-22H2,1-2H3. The number of hydrogen-bond donors (Lipinski definition) is 0. The minimum absolute atomic E-state index is 0.807. The Morgan fingerprint density at radius 3 is 1.47 bits per heavy atom. The van der Waals surface area contributed by atoms with E-state index in [1.54, 1.807) is 0 Å². The molecule has 3 rings (SSSR count). The van der Waals surface area contributed by atoms with Gasteiger partial charge in [0.2, 0.25) is 0 Å². The molecule has 0 atom stereocenters. The summed E-state index contributed by atoms with van der Waals surface area (Å²) in [4.78, 5) is 0. The van der Waals surface area contributed by atoms with Gasteiger partial charge in [0, 0.05) is 21.9 Å².